The van der Waals surface area contributed by atoms with Gasteiger partial charge in [-0.2, -0.15) is 11.8 Å². The van der Waals surface area contributed by atoms with Crippen molar-refractivity contribution in [3.8, 4) is 0 Å². The van der Waals surface area contributed by atoms with E-state index in [1.54, 1.807) is 0 Å². The maximum atomic E-state index is 6.23. The molecule has 0 saturated carbocycles. The van der Waals surface area contributed by atoms with Crippen molar-refractivity contribution in [3.05, 3.63) is 33.8 Å². The Morgan fingerprint density at radius 3 is 2.59 bits per heavy atom. The summed E-state index contributed by atoms with van der Waals surface area (Å²) in [6, 6.07) is 6.48. The molecule has 0 aliphatic carbocycles. The van der Waals surface area contributed by atoms with Gasteiger partial charge in [0.05, 0.1) is 0 Å². The number of rotatable bonds is 6. The van der Waals surface area contributed by atoms with E-state index in [-0.39, 0.29) is 0 Å². The highest BCUT2D eigenvalue weighted by molar-refractivity contribution is 7.98. The number of nitrogens with one attached hydrogen (secondary N) is 1. The van der Waals surface area contributed by atoms with E-state index in [1.165, 1.54) is 0 Å². The first kappa shape index (κ1) is 15.2. The average Bonchev–Trinajstić information content (AvgIpc) is 2.27. The molecule has 0 radical (unpaired) electrons. The van der Waals surface area contributed by atoms with Gasteiger partial charge in [0.25, 0.3) is 0 Å². The minimum Gasteiger partial charge on any atom is -0.307 e. The highest BCUT2D eigenvalue weighted by atomic mass is 35.5. The smallest absolute Gasteiger partial charge is 0.0468 e. The van der Waals surface area contributed by atoms with Crippen LogP contribution < -0.4 is 5.32 Å². The minimum atomic E-state index is 0.293. The van der Waals surface area contributed by atoms with Crippen LogP contribution in [0.5, 0.6) is 0 Å². The molecule has 0 bridgehead atoms. The van der Waals surface area contributed by atoms with Gasteiger partial charge in [0.2, 0.25) is 0 Å². The molecule has 0 aliphatic rings. The molecule has 4 heteroatoms. The molecule has 1 N–H and O–H groups in total. The lowest BCUT2D eigenvalue weighted by Gasteiger charge is -2.23. The van der Waals surface area contributed by atoms with Crippen molar-refractivity contribution in [2.75, 3.05) is 12.0 Å². The Morgan fingerprint density at radius 2 is 2.06 bits per heavy atom. The van der Waals surface area contributed by atoms with Crippen molar-refractivity contribution >= 4 is 35.0 Å². The van der Waals surface area contributed by atoms with Crippen LogP contribution in [-0.4, -0.2) is 18.1 Å². The predicted molar refractivity (Wildman–Crippen MR) is 80.5 cm³/mol. The normalized spacial score (nSPS) is 14.6. The van der Waals surface area contributed by atoms with Crippen LogP contribution in [0.2, 0.25) is 10.0 Å². The number of halogens is 2. The van der Waals surface area contributed by atoms with Crippen molar-refractivity contribution in [2.24, 2.45) is 0 Å². The lowest BCUT2D eigenvalue weighted by molar-refractivity contribution is 0.470. The Kier molecular flexibility index (Phi) is 6.71. The maximum absolute atomic E-state index is 6.23. The number of benzene rings is 1. The lowest BCUT2D eigenvalue weighted by Crippen LogP contribution is -2.32. The van der Waals surface area contributed by atoms with E-state index in [0.717, 1.165) is 22.8 Å². The average molecular weight is 292 g/mol. The van der Waals surface area contributed by atoms with Crippen LogP contribution in [0.25, 0.3) is 0 Å². The molecular weight excluding hydrogens is 273 g/mol. The summed E-state index contributed by atoms with van der Waals surface area (Å²) in [5.41, 5.74) is 1.13. The van der Waals surface area contributed by atoms with Crippen molar-refractivity contribution < 1.29 is 0 Å². The number of hydrogen-bond donors (Lipinski definition) is 1. The molecule has 0 saturated heterocycles. The van der Waals surface area contributed by atoms with Crippen LogP contribution in [0.15, 0.2) is 18.2 Å². The Balaban J connectivity index is 2.79. The molecule has 0 fully saturated rings. The van der Waals surface area contributed by atoms with Gasteiger partial charge in [-0.1, -0.05) is 36.2 Å². The van der Waals surface area contributed by atoms with Crippen LogP contribution in [0.4, 0.5) is 0 Å². The molecule has 1 rings (SSSR count). The van der Waals surface area contributed by atoms with Gasteiger partial charge >= 0.3 is 0 Å². The van der Waals surface area contributed by atoms with Crippen LogP contribution in [0.3, 0.4) is 0 Å². The third-order valence-electron chi connectivity index (χ3n) is 2.65. The van der Waals surface area contributed by atoms with Gasteiger partial charge in [0.1, 0.15) is 0 Å². The minimum absolute atomic E-state index is 0.293. The van der Waals surface area contributed by atoms with Gasteiger partial charge in [0.15, 0.2) is 0 Å². The predicted octanol–water partition coefficient (Wildman–Crippen LogP) is 4.79. The Hall–Kier alpha value is 0.110. The summed E-state index contributed by atoms with van der Waals surface area (Å²) in [7, 11) is 0. The van der Waals surface area contributed by atoms with Crippen LogP contribution in [0, 0.1) is 0 Å². The largest absolute Gasteiger partial charge is 0.307 e. The molecule has 17 heavy (non-hydrogen) atoms. The van der Waals surface area contributed by atoms with E-state index < -0.39 is 0 Å². The van der Waals surface area contributed by atoms with Crippen LogP contribution in [0.1, 0.15) is 31.9 Å². The topological polar surface area (TPSA) is 12.0 Å². The quantitative estimate of drug-likeness (QED) is 0.809. The highest BCUT2D eigenvalue weighted by Crippen LogP contribution is 2.28. The molecule has 2 unspecified atom stereocenters. The molecule has 0 spiro atoms. The molecule has 0 aliphatic heterocycles. The maximum Gasteiger partial charge on any atom is 0.0468 e. The molecule has 0 amide bonds. The van der Waals surface area contributed by atoms with E-state index in [2.05, 4.69) is 25.4 Å². The van der Waals surface area contributed by atoms with E-state index in [0.29, 0.717) is 17.1 Å². The van der Waals surface area contributed by atoms with E-state index in [1.807, 2.05) is 30.0 Å². The molecule has 96 valence electrons. The summed E-state index contributed by atoms with van der Waals surface area (Å²) in [6.45, 7) is 4.36. The lowest BCUT2D eigenvalue weighted by atomic mass is 10.0. The summed E-state index contributed by atoms with van der Waals surface area (Å²) in [6.07, 6.45) is 3.13. The van der Waals surface area contributed by atoms with E-state index in [9.17, 15) is 0 Å². The van der Waals surface area contributed by atoms with Gasteiger partial charge in [-0.25, -0.2) is 0 Å². The third-order valence-corrected chi connectivity index (χ3v) is 4.04. The van der Waals surface area contributed by atoms with Gasteiger partial charge in [-0.3, -0.25) is 0 Å². The molecule has 0 aromatic heterocycles. The molecule has 0 heterocycles. The zero-order chi connectivity index (χ0) is 12.8. The zero-order valence-electron chi connectivity index (χ0n) is 10.5. The second-order valence-corrected chi connectivity index (χ2v) is 5.90. The molecule has 1 aromatic carbocycles. The highest BCUT2D eigenvalue weighted by Gasteiger charge is 2.15. The Bertz CT molecular complexity index is 357. The van der Waals surface area contributed by atoms with Crippen LogP contribution in [-0.2, 0) is 0 Å². The number of hydrogen-bond acceptors (Lipinski definition) is 2. The van der Waals surface area contributed by atoms with Crippen molar-refractivity contribution in [1.82, 2.24) is 5.32 Å². The standard InChI is InChI=1S/C13H19Cl2NS/c1-4-13(16-9(2)8-17-3)11-6-5-10(14)7-12(11)15/h5-7,9,13,16H,4,8H2,1-3H3. The summed E-state index contributed by atoms with van der Waals surface area (Å²) in [5, 5.41) is 5.03. The first-order chi connectivity index (χ1) is 8.08. The number of thioether (sulfide) groups is 1. The van der Waals surface area contributed by atoms with Crippen molar-refractivity contribution in [2.45, 2.75) is 32.4 Å². The first-order valence-electron chi connectivity index (χ1n) is 5.78. The molecule has 1 nitrogen and oxygen atoms in total. The van der Waals surface area contributed by atoms with Gasteiger partial charge < -0.3 is 5.32 Å². The summed E-state index contributed by atoms with van der Waals surface area (Å²) < 4.78 is 0. The monoisotopic (exact) mass is 291 g/mol. The second-order valence-electron chi connectivity index (χ2n) is 4.15. The molecular formula is C13H19Cl2NS. The fourth-order valence-corrected chi connectivity index (χ4v) is 2.99. The van der Waals surface area contributed by atoms with E-state index in [4.69, 9.17) is 23.2 Å². The Labute approximate surface area is 118 Å². The SMILES string of the molecule is CCC(NC(C)CSC)c1ccc(Cl)cc1Cl. The molecule has 2 atom stereocenters. The fourth-order valence-electron chi connectivity index (χ4n) is 1.85. The summed E-state index contributed by atoms with van der Waals surface area (Å²) in [4.78, 5) is 0. The van der Waals surface area contributed by atoms with Gasteiger partial charge in [0, 0.05) is 27.9 Å². The third kappa shape index (κ3) is 4.70. The van der Waals surface area contributed by atoms with E-state index >= 15 is 0 Å². The van der Waals surface area contributed by atoms with Gasteiger partial charge in [-0.15, -0.1) is 0 Å². The van der Waals surface area contributed by atoms with Crippen LogP contribution >= 0.6 is 35.0 Å². The second kappa shape index (κ2) is 7.52. The Morgan fingerprint density at radius 1 is 1.35 bits per heavy atom. The summed E-state index contributed by atoms with van der Waals surface area (Å²) >= 11 is 14.0. The first-order valence-corrected chi connectivity index (χ1v) is 7.93. The zero-order valence-corrected chi connectivity index (χ0v) is 12.8. The van der Waals surface area contributed by atoms with Crippen molar-refractivity contribution in [3.63, 3.8) is 0 Å². The summed E-state index contributed by atoms with van der Waals surface area (Å²) in [5.74, 6) is 1.10. The molecule has 1 aromatic rings. The fraction of sp³-hybridized carbons (Fsp3) is 0.538. The van der Waals surface area contributed by atoms with Crippen molar-refractivity contribution in [1.29, 1.82) is 0 Å². The van der Waals surface area contributed by atoms with Gasteiger partial charge in [-0.05, 0) is 37.3 Å².